The molecule has 0 aliphatic heterocycles. The van der Waals surface area contributed by atoms with Gasteiger partial charge in [0, 0.05) is 16.2 Å². The first-order valence-corrected chi connectivity index (χ1v) is 5.76. The average molecular weight is 297 g/mol. The fourth-order valence-electron chi connectivity index (χ4n) is 1.53. The number of anilines is 1. The number of benzene rings is 1. The highest BCUT2D eigenvalue weighted by atomic mass is 79.9. The number of nitrogens with two attached hydrogens (primary N) is 1. The lowest BCUT2D eigenvalue weighted by Gasteiger charge is -2.07. The highest BCUT2D eigenvalue weighted by Gasteiger charge is 2.05. The van der Waals surface area contributed by atoms with Crippen LogP contribution in [0.3, 0.4) is 0 Å². The summed E-state index contributed by atoms with van der Waals surface area (Å²) < 4.78 is 15.7. The van der Waals surface area contributed by atoms with E-state index in [0.29, 0.717) is 5.56 Å². The van der Waals surface area contributed by atoms with Crippen LogP contribution in [-0.2, 0) is 6.54 Å². The highest BCUT2D eigenvalue weighted by molar-refractivity contribution is 9.10. The Morgan fingerprint density at radius 3 is 2.88 bits per heavy atom. The van der Waals surface area contributed by atoms with Crippen LogP contribution >= 0.6 is 15.9 Å². The molecule has 1 aromatic heterocycles. The average Bonchev–Trinajstić information content (AvgIpc) is 2.30. The summed E-state index contributed by atoms with van der Waals surface area (Å²) in [5.41, 5.74) is 5.79. The number of halogens is 2. The molecule has 0 bridgehead atoms. The molecule has 0 fully saturated rings. The largest absolute Gasteiger partial charge is 0.394 e. The van der Waals surface area contributed by atoms with Gasteiger partial charge in [-0.15, -0.1) is 0 Å². The predicted octanol–water partition coefficient (Wildman–Crippen LogP) is 2.38. The van der Waals surface area contributed by atoms with Crippen molar-refractivity contribution in [2.24, 2.45) is 0 Å². The molecule has 2 aromatic rings. The van der Waals surface area contributed by atoms with Crippen molar-refractivity contribution < 1.29 is 4.39 Å². The Bertz CT molecular complexity index is 610. The van der Waals surface area contributed by atoms with Crippen LogP contribution in [0.2, 0.25) is 0 Å². The van der Waals surface area contributed by atoms with Gasteiger partial charge in [0.1, 0.15) is 5.82 Å². The summed E-state index contributed by atoms with van der Waals surface area (Å²) in [4.78, 5) is 11.7. The third kappa shape index (κ3) is 2.55. The number of aromatic nitrogens is 1. The number of nitrogen functional groups attached to an aromatic ring is 1. The molecule has 0 radical (unpaired) electrons. The first-order chi connectivity index (χ1) is 8.08. The van der Waals surface area contributed by atoms with E-state index in [4.69, 9.17) is 5.73 Å². The van der Waals surface area contributed by atoms with Gasteiger partial charge in [0.05, 0.1) is 12.2 Å². The van der Waals surface area contributed by atoms with Crippen LogP contribution in [0, 0.1) is 5.82 Å². The molecular formula is C12H10BrFN2O. The molecule has 1 aromatic carbocycles. The topological polar surface area (TPSA) is 48.0 Å². The van der Waals surface area contributed by atoms with E-state index >= 15 is 0 Å². The normalized spacial score (nSPS) is 10.5. The summed E-state index contributed by atoms with van der Waals surface area (Å²) in [6.07, 6.45) is 1.58. The first kappa shape index (κ1) is 11.9. The van der Waals surface area contributed by atoms with E-state index in [2.05, 4.69) is 15.9 Å². The lowest BCUT2D eigenvalue weighted by atomic mass is 10.2. The van der Waals surface area contributed by atoms with Crippen LogP contribution in [0.25, 0.3) is 0 Å². The molecule has 1 heterocycles. The molecule has 0 saturated carbocycles. The van der Waals surface area contributed by atoms with E-state index < -0.39 is 0 Å². The monoisotopic (exact) mass is 296 g/mol. The molecule has 0 atom stereocenters. The molecule has 3 nitrogen and oxygen atoms in total. The molecule has 0 aliphatic carbocycles. The van der Waals surface area contributed by atoms with Crippen LogP contribution < -0.4 is 11.3 Å². The molecule has 0 amide bonds. The molecule has 88 valence electrons. The van der Waals surface area contributed by atoms with Crippen molar-refractivity contribution >= 4 is 21.6 Å². The van der Waals surface area contributed by atoms with Crippen molar-refractivity contribution in [2.75, 3.05) is 5.73 Å². The zero-order valence-electron chi connectivity index (χ0n) is 8.86. The lowest BCUT2D eigenvalue weighted by molar-refractivity contribution is 0.596. The molecule has 0 aliphatic rings. The Kier molecular flexibility index (Phi) is 3.28. The molecule has 0 spiro atoms. The van der Waals surface area contributed by atoms with Crippen molar-refractivity contribution in [3.05, 3.63) is 62.7 Å². The maximum Gasteiger partial charge on any atom is 0.273 e. The molecule has 0 saturated heterocycles. The van der Waals surface area contributed by atoms with Gasteiger partial charge >= 0.3 is 0 Å². The van der Waals surface area contributed by atoms with Crippen LogP contribution in [0.5, 0.6) is 0 Å². The quantitative estimate of drug-likeness (QED) is 0.925. The van der Waals surface area contributed by atoms with Gasteiger partial charge in [-0.25, -0.2) is 4.39 Å². The van der Waals surface area contributed by atoms with E-state index in [-0.39, 0.29) is 23.6 Å². The Morgan fingerprint density at radius 2 is 2.12 bits per heavy atom. The van der Waals surface area contributed by atoms with Gasteiger partial charge in [-0.3, -0.25) is 4.79 Å². The third-order valence-corrected chi connectivity index (χ3v) is 2.89. The van der Waals surface area contributed by atoms with Crippen LogP contribution in [0.15, 0.2) is 45.8 Å². The van der Waals surface area contributed by atoms with Crippen molar-refractivity contribution in [2.45, 2.75) is 6.54 Å². The van der Waals surface area contributed by atoms with Crippen molar-refractivity contribution in [1.29, 1.82) is 0 Å². The fraction of sp³-hybridized carbons (Fsp3) is 0.0833. The SMILES string of the molecule is Nc1cccn(Cc2cc(Br)ccc2F)c1=O. The molecular weight excluding hydrogens is 287 g/mol. The second kappa shape index (κ2) is 4.71. The third-order valence-electron chi connectivity index (χ3n) is 2.40. The summed E-state index contributed by atoms with van der Waals surface area (Å²) >= 11 is 3.26. The number of hydrogen-bond donors (Lipinski definition) is 1. The number of pyridine rings is 1. The van der Waals surface area contributed by atoms with Gasteiger partial charge in [-0.1, -0.05) is 15.9 Å². The van der Waals surface area contributed by atoms with E-state index in [1.54, 1.807) is 24.4 Å². The van der Waals surface area contributed by atoms with Crippen LogP contribution in [0.1, 0.15) is 5.56 Å². The summed E-state index contributed by atoms with van der Waals surface area (Å²) in [5, 5.41) is 0. The number of nitrogens with zero attached hydrogens (tertiary/aromatic N) is 1. The molecule has 17 heavy (non-hydrogen) atoms. The summed E-state index contributed by atoms with van der Waals surface area (Å²) in [6.45, 7) is 0.162. The molecule has 0 unspecified atom stereocenters. The van der Waals surface area contributed by atoms with Crippen molar-refractivity contribution in [1.82, 2.24) is 4.57 Å². The van der Waals surface area contributed by atoms with E-state index in [1.807, 2.05) is 0 Å². The molecule has 2 rings (SSSR count). The van der Waals surface area contributed by atoms with Gasteiger partial charge < -0.3 is 10.3 Å². The zero-order valence-corrected chi connectivity index (χ0v) is 10.4. The fourth-order valence-corrected chi connectivity index (χ4v) is 1.94. The maximum atomic E-state index is 13.5. The number of rotatable bonds is 2. The minimum Gasteiger partial charge on any atom is -0.394 e. The Balaban J connectivity index is 2.41. The Hall–Kier alpha value is -1.62. The highest BCUT2D eigenvalue weighted by Crippen LogP contribution is 2.16. The predicted molar refractivity (Wildman–Crippen MR) is 68.3 cm³/mol. The first-order valence-electron chi connectivity index (χ1n) is 4.97. The van der Waals surface area contributed by atoms with E-state index in [9.17, 15) is 9.18 Å². The van der Waals surface area contributed by atoms with Crippen molar-refractivity contribution in [3.8, 4) is 0 Å². The lowest BCUT2D eigenvalue weighted by Crippen LogP contribution is -2.22. The van der Waals surface area contributed by atoms with Gasteiger partial charge in [-0.2, -0.15) is 0 Å². The minimum atomic E-state index is -0.345. The van der Waals surface area contributed by atoms with E-state index in [0.717, 1.165) is 4.47 Å². The molecule has 5 heteroatoms. The van der Waals surface area contributed by atoms with Gasteiger partial charge in [-0.05, 0) is 30.3 Å². The molecule has 2 N–H and O–H groups in total. The van der Waals surface area contributed by atoms with Gasteiger partial charge in [0.15, 0.2) is 0 Å². The smallest absolute Gasteiger partial charge is 0.273 e. The van der Waals surface area contributed by atoms with Gasteiger partial charge in [0.25, 0.3) is 5.56 Å². The summed E-state index contributed by atoms with van der Waals surface area (Å²) in [6, 6.07) is 7.80. The number of hydrogen-bond acceptors (Lipinski definition) is 2. The standard InChI is InChI=1S/C12H10BrFN2O/c13-9-3-4-10(14)8(6-9)7-16-5-1-2-11(15)12(16)17/h1-6H,7,15H2. The second-order valence-electron chi connectivity index (χ2n) is 3.63. The Labute approximate surface area is 106 Å². The maximum absolute atomic E-state index is 13.5. The Morgan fingerprint density at radius 1 is 1.35 bits per heavy atom. The second-order valence-corrected chi connectivity index (χ2v) is 4.55. The zero-order chi connectivity index (χ0) is 12.4. The van der Waals surface area contributed by atoms with E-state index in [1.165, 1.54) is 16.7 Å². The summed E-state index contributed by atoms with van der Waals surface area (Å²) in [7, 11) is 0. The van der Waals surface area contributed by atoms with Crippen molar-refractivity contribution in [3.63, 3.8) is 0 Å². The minimum absolute atomic E-state index is 0.155. The van der Waals surface area contributed by atoms with Gasteiger partial charge in [0.2, 0.25) is 0 Å². The van der Waals surface area contributed by atoms with Crippen LogP contribution in [-0.4, -0.2) is 4.57 Å². The van der Waals surface area contributed by atoms with Crippen LogP contribution in [0.4, 0.5) is 10.1 Å². The summed E-state index contributed by atoms with van der Waals surface area (Å²) in [5.74, 6) is -0.345.